The molecule has 0 radical (unpaired) electrons. The Morgan fingerprint density at radius 3 is 2.67 bits per heavy atom. The monoisotopic (exact) mass is 281 g/mol. The normalized spacial score (nSPS) is 18.9. The topological polar surface area (TPSA) is 12.5 Å². The highest BCUT2D eigenvalue weighted by Gasteiger charge is 2.25. The molecule has 0 aromatic heterocycles. The van der Waals surface area contributed by atoms with Crippen molar-refractivity contribution in [2.24, 2.45) is 0 Å². The van der Waals surface area contributed by atoms with Gasteiger partial charge < -0.3 is 4.74 Å². The molecule has 0 spiro atoms. The zero-order valence-electron chi connectivity index (χ0n) is 12.9. The Morgan fingerprint density at radius 1 is 1.14 bits per heavy atom. The molecule has 1 saturated heterocycles. The lowest BCUT2D eigenvalue weighted by atomic mass is 10.0. The van der Waals surface area contributed by atoms with Gasteiger partial charge in [0.2, 0.25) is 0 Å². The molecular formula is C19H23NO. The number of hydrogen-bond acceptors (Lipinski definition) is 2. The SMILES string of the molecule is COc1ccc(CN2CCC[C@@H]2c2cccc(C)c2)cc1. The number of hydrogen-bond donors (Lipinski definition) is 0. The molecule has 2 nitrogen and oxygen atoms in total. The van der Waals surface area contributed by atoms with Crippen LogP contribution in [0.25, 0.3) is 0 Å². The Hall–Kier alpha value is -1.80. The standard InChI is InChI=1S/C19H23NO/c1-15-5-3-6-17(13-15)19-7-4-12-20(19)14-16-8-10-18(21-2)11-9-16/h3,5-6,8-11,13,19H,4,7,12,14H2,1-2H3/t19-/m1/s1. The molecule has 1 aliphatic rings. The first-order chi connectivity index (χ1) is 10.3. The number of benzene rings is 2. The molecule has 110 valence electrons. The summed E-state index contributed by atoms with van der Waals surface area (Å²) in [6.07, 6.45) is 2.55. The van der Waals surface area contributed by atoms with Gasteiger partial charge in [-0.25, -0.2) is 0 Å². The molecule has 2 heteroatoms. The molecule has 0 unspecified atom stereocenters. The van der Waals surface area contributed by atoms with Crippen molar-refractivity contribution in [3.63, 3.8) is 0 Å². The highest BCUT2D eigenvalue weighted by atomic mass is 16.5. The molecule has 1 aliphatic heterocycles. The number of rotatable bonds is 4. The third kappa shape index (κ3) is 3.27. The lowest BCUT2D eigenvalue weighted by molar-refractivity contribution is 0.248. The van der Waals surface area contributed by atoms with Crippen LogP contribution in [-0.2, 0) is 6.54 Å². The average molecular weight is 281 g/mol. The van der Waals surface area contributed by atoms with Crippen LogP contribution in [0.2, 0.25) is 0 Å². The quantitative estimate of drug-likeness (QED) is 0.826. The van der Waals surface area contributed by atoms with E-state index in [2.05, 4.69) is 48.2 Å². The Morgan fingerprint density at radius 2 is 1.95 bits per heavy atom. The van der Waals surface area contributed by atoms with Gasteiger partial charge in [0, 0.05) is 12.6 Å². The van der Waals surface area contributed by atoms with Crippen molar-refractivity contribution in [2.45, 2.75) is 32.4 Å². The zero-order chi connectivity index (χ0) is 14.7. The summed E-state index contributed by atoms with van der Waals surface area (Å²) in [5, 5.41) is 0. The van der Waals surface area contributed by atoms with Gasteiger partial charge in [-0.15, -0.1) is 0 Å². The van der Waals surface area contributed by atoms with E-state index in [-0.39, 0.29) is 0 Å². The summed E-state index contributed by atoms with van der Waals surface area (Å²) in [5.74, 6) is 0.926. The summed E-state index contributed by atoms with van der Waals surface area (Å²) in [6.45, 7) is 4.37. The van der Waals surface area contributed by atoms with Crippen LogP contribution in [-0.4, -0.2) is 18.6 Å². The number of nitrogens with zero attached hydrogens (tertiary/aromatic N) is 1. The summed E-state index contributed by atoms with van der Waals surface area (Å²) < 4.78 is 5.23. The van der Waals surface area contributed by atoms with Crippen LogP contribution in [0, 0.1) is 6.92 Å². The van der Waals surface area contributed by atoms with Crippen molar-refractivity contribution < 1.29 is 4.74 Å². The Balaban J connectivity index is 1.74. The highest BCUT2D eigenvalue weighted by molar-refractivity contribution is 5.29. The summed E-state index contributed by atoms with van der Waals surface area (Å²) in [5.41, 5.74) is 4.17. The fourth-order valence-electron chi connectivity index (χ4n) is 3.24. The van der Waals surface area contributed by atoms with Gasteiger partial charge in [0.05, 0.1) is 7.11 Å². The predicted octanol–water partition coefficient (Wildman–Crippen LogP) is 4.34. The first-order valence-corrected chi connectivity index (χ1v) is 7.70. The van der Waals surface area contributed by atoms with Crippen molar-refractivity contribution >= 4 is 0 Å². The number of likely N-dealkylation sites (tertiary alicyclic amines) is 1. The number of aryl methyl sites for hydroxylation is 1. The van der Waals surface area contributed by atoms with Crippen molar-refractivity contribution in [2.75, 3.05) is 13.7 Å². The smallest absolute Gasteiger partial charge is 0.118 e. The van der Waals surface area contributed by atoms with Gasteiger partial charge in [-0.05, 0) is 49.6 Å². The maximum absolute atomic E-state index is 5.23. The van der Waals surface area contributed by atoms with Gasteiger partial charge >= 0.3 is 0 Å². The van der Waals surface area contributed by atoms with Gasteiger partial charge in [-0.2, -0.15) is 0 Å². The number of ether oxygens (including phenoxy) is 1. The van der Waals surface area contributed by atoms with Crippen molar-refractivity contribution in [3.05, 3.63) is 65.2 Å². The Kier molecular flexibility index (Phi) is 4.26. The van der Waals surface area contributed by atoms with Crippen molar-refractivity contribution in [1.29, 1.82) is 0 Å². The third-order valence-electron chi connectivity index (χ3n) is 4.34. The minimum atomic E-state index is 0.562. The van der Waals surface area contributed by atoms with E-state index in [0.29, 0.717) is 6.04 Å². The van der Waals surface area contributed by atoms with Crippen LogP contribution < -0.4 is 4.74 Å². The summed E-state index contributed by atoms with van der Waals surface area (Å²) in [7, 11) is 1.71. The molecular weight excluding hydrogens is 258 g/mol. The van der Waals surface area contributed by atoms with E-state index in [1.165, 1.54) is 36.1 Å². The molecule has 21 heavy (non-hydrogen) atoms. The minimum absolute atomic E-state index is 0.562. The summed E-state index contributed by atoms with van der Waals surface area (Å²) in [4.78, 5) is 2.59. The lowest BCUT2D eigenvalue weighted by Crippen LogP contribution is -2.22. The van der Waals surface area contributed by atoms with E-state index >= 15 is 0 Å². The molecule has 0 aliphatic carbocycles. The summed E-state index contributed by atoms with van der Waals surface area (Å²) in [6, 6.07) is 17.9. The minimum Gasteiger partial charge on any atom is -0.497 e. The van der Waals surface area contributed by atoms with Gasteiger partial charge in [0.15, 0.2) is 0 Å². The molecule has 1 heterocycles. The molecule has 1 atom stereocenters. The van der Waals surface area contributed by atoms with Crippen molar-refractivity contribution in [1.82, 2.24) is 4.90 Å². The van der Waals surface area contributed by atoms with Gasteiger partial charge in [0.25, 0.3) is 0 Å². The third-order valence-corrected chi connectivity index (χ3v) is 4.34. The van der Waals surface area contributed by atoms with E-state index in [1.807, 2.05) is 12.1 Å². The Labute approximate surface area is 127 Å². The highest BCUT2D eigenvalue weighted by Crippen LogP contribution is 2.33. The predicted molar refractivity (Wildman–Crippen MR) is 86.6 cm³/mol. The van der Waals surface area contributed by atoms with E-state index in [1.54, 1.807) is 7.11 Å². The Bertz CT molecular complexity index is 591. The maximum Gasteiger partial charge on any atom is 0.118 e. The van der Waals surface area contributed by atoms with Gasteiger partial charge in [-0.1, -0.05) is 42.0 Å². The zero-order valence-corrected chi connectivity index (χ0v) is 12.9. The molecule has 2 aromatic carbocycles. The second kappa shape index (κ2) is 6.31. The van der Waals surface area contributed by atoms with E-state index in [9.17, 15) is 0 Å². The van der Waals surface area contributed by atoms with Crippen LogP contribution in [0.15, 0.2) is 48.5 Å². The first-order valence-electron chi connectivity index (χ1n) is 7.70. The van der Waals surface area contributed by atoms with Gasteiger partial charge in [-0.3, -0.25) is 4.90 Å². The van der Waals surface area contributed by atoms with Gasteiger partial charge in [0.1, 0.15) is 5.75 Å². The second-order valence-corrected chi connectivity index (χ2v) is 5.89. The lowest BCUT2D eigenvalue weighted by Gasteiger charge is -2.25. The largest absolute Gasteiger partial charge is 0.497 e. The molecule has 2 aromatic rings. The van der Waals surface area contributed by atoms with Crippen LogP contribution in [0.4, 0.5) is 0 Å². The van der Waals surface area contributed by atoms with Crippen molar-refractivity contribution in [3.8, 4) is 5.75 Å². The second-order valence-electron chi connectivity index (χ2n) is 5.89. The van der Waals surface area contributed by atoms with E-state index < -0.39 is 0 Å². The molecule has 0 bridgehead atoms. The maximum atomic E-state index is 5.23. The molecule has 3 rings (SSSR count). The first kappa shape index (κ1) is 14.2. The van der Waals surface area contributed by atoms with E-state index in [4.69, 9.17) is 4.74 Å². The van der Waals surface area contributed by atoms with E-state index in [0.717, 1.165) is 12.3 Å². The molecule has 0 N–H and O–H groups in total. The van der Waals surface area contributed by atoms with Crippen LogP contribution in [0.5, 0.6) is 5.75 Å². The summed E-state index contributed by atoms with van der Waals surface area (Å²) >= 11 is 0. The number of methoxy groups -OCH3 is 1. The molecule has 1 fully saturated rings. The van der Waals surface area contributed by atoms with Crippen LogP contribution in [0.3, 0.4) is 0 Å². The fourth-order valence-corrected chi connectivity index (χ4v) is 3.24. The molecule has 0 saturated carbocycles. The fraction of sp³-hybridized carbons (Fsp3) is 0.368. The van der Waals surface area contributed by atoms with Crippen LogP contribution >= 0.6 is 0 Å². The molecule has 0 amide bonds. The average Bonchev–Trinajstić information content (AvgIpc) is 2.96. The van der Waals surface area contributed by atoms with Crippen LogP contribution in [0.1, 0.15) is 35.6 Å².